The molecule has 134 valence electrons. The topological polar surface area (TPSA) is 45.2 Å². The molecule has 0 radical (unpaired) electrons. The molecule has 2 aromatic rings. The number of carbonyl (C=O) groups excluding carboxylic acids is 1. The second-order valence-electron chi connectivity index (χ2n) is 7.07. The van der Waals surface area contributed by atoms with E-state index in [4.69, 9.17) is 23.2 Å². The van der Waals surface area contributed by atoms with E-state index < -0.39 is 0 Å². The van der Waals surface area contributed by atoms with Crippen molar-refractivity contribution >= 4 is 34.9 Å². The molecule has 1 unspecified atom stereocenters. The number of aromatic nitrogens is 1. The number of hydrogen-bond acceptors (Lipinski definition) is 2. The quantitative estimate of drug-likeness (QED) is 0.760. The van der Waals surface area contributed by atoms with Gasteiger partial charge in [0.2, 0.25) is 0 Å². The molecule has 0 aliphatic carbocycles. The van der Waals surface area contributed by atoms with Gasteiger partial charge in [-0.3, -0.25) is 4.98 Å². The van der Waals surface area contributed by atoms with Crippen LogP contribution in [0, 0.1) is 5.41 Å². The van der Waals surface area contributed by atoms with Crippen molar-refractivity contribution in [3.05, 3.63) is 58.3 Å². The van der Waals surface area contributed by atoms with Gasteiger partial charge in [-0.15, -0.1) is 0 Å². The minimum absolute atomic E-state index is 0.0413. The van der Waals surface area contributed by atoms with Crippen LogP contribution in [0.2, 0.25) is 10.0 Å². The summed E-state index contributed by atoms with van der Waals surface area (Å²) in [5, 5.41) is 3.80. The van der Waals surface area contributed by atoms with Crippen molar-refractivity contribution in [3.8, 4) is 0 Å². The summed E-state index contributed by atoms with van der Waals surface area (Å²) in [5.74, 6) is 0. The zero-order chi connectivity index (χ0) is 18.6. The van der Waals surface area contributed by atoms with E-state index >= 15 is 0 Å². The molecule has 0 saturated carbocycles. The summed E-state index contributed by atoms with van der Waals surface area (Å²) in [6.07, 6.45) is 2.43. The SMILES string of the molecule is CN(C(=O)Nc1cc(Cl)ccc1Cl)C(Cc1ccccn1)C(C)(C)C. The van der Waals surface area contributed by atoms with Crippen LogP contribution in [0.25, 0.3) is 0 Å². The molecule has 6 heteroatoms. The third-order valence-corrected chi connectivity index (χ3v) is 4.65. The average Bonchev–Trinajstić information content (AvgIpc) is 2.55. The Kier molecular flexibility index (Phi) is 6.31. The summed E-state index contributed by atoms with van der Waals surface area (Å²) >= 11 is 12.1. The normalized spacial score (nSPS) is 12.6. The molecule has 1 N–H and O–H groups in total. The molecule has 2 amide bonds. The zero-order valence-electron chi connectivity index (χ0n) is 14.9. The Bertz CT molecular complexity index is 729. The third-order valence-electron chi connectivity index (χ3n) is 4.09. The van der Waals surface area contributed by atoms with E-state index in [1.54, 1.807) is 36.3 Å². The highest BCUT2D eigenvalue weighted by atomic mass is 35.5. The minimum Gasteiger partial charge on any atom is -0.324 e. The van der Waals surface area contributed by atoms with Gasteiger partial charge in [-0.05, 0) is 35.7 Å². The summed E-state index contributed by atoms with van der Waals surface area (Å²) in [4.78, 5) is 18.8. The van der Waals surface area contributed by atoms with Crippen molar-refractivity contribution < 1.29 is 4.79 Å². The lowest BCUT2D eigenvalue weighted by Crippen LogP contribution is -2.48. The number of anilines is 1. The number of nitrogens with zero attached hydrogens (tertiary/aromatic N) is 2. The maximum Gasteiger partial charge on any atom is 0.321 e. The standard InChI is InChI=1S/C19H23Cl2N3O/c1-19(2,3)17(12-14-7-5-6-10-22-14)24(4)18(25)23-16-11-13(20)8-9-15(16)21/h5-11,17H,12H2,1-4H3,(H,23,25). The van der Waals surface area contributed by atoms with Gasteiger partial charge in [0.25, 0.3) is 0 Å². The Labute approximate surface area is 159 Å². The van der Waals surface area contributed by atoms with E-state index in [1.807, 2.05) is 18.2 Å². The molecule has 25 heavy (non-hydrogen) atoms. The van der Waals surface area contributed by atoms with Gasteiger partial charge in [0, 0.05) is 36.4 Å². The minimum atomic E-state index is -0.236. The molecule has 1 aromatic heterocycles. The molecule has 0 saturated heterocycles. The molecule has 0 bridgehead atoms. The van der Waals surface area contributed by atoms with Gasteiger partial charge in [0.1, 0.15) is 0 Å². The lowest BCUT2D eigenvalue weighted by atomic mass is 9.83. The number of urea groups is 1. The Morgan fingerprint density at radius 1 is 1.24 bits per heavy atom. The van der Waals surface area contributed by atoms with Gasteiger partial charge < -0.3 is 10.2 Å². The highest BCUT2D eigenvalue weighted by Gasteiger charge is 2.31. The van der Waals surface area contributed by atoms with Crippen molar-refractivity contribution in [1.82, 2.24) is 9.88 Å². The van der Waals surface area contributed by atoms with Gasteiger partial charge >= 0.3 is 6.03 Å². The maximum absolute atomic E-state index is 12.7. The van der Waals surface area contributed by atoms with Crippen molar-refractivity contribution in [1.29, 1.82) is 0 Å². The average molecular weight is 380 g/mol. The number of hydrogen-bond donors (Lipinski definition) is 1. The summed E-state index contributed by atoms with van der Waals surface area (Å²) in [6.45, 7) is 6.32. The van der Waals surface area contributed by atoms with Crippen LogP contribution < -0.4 is 5.32 Å². The number of amides is 2. The molecular formula is C19H23Cl2N3O. The van der Waals surface area contributed by atoms with Crippen LogP contribution in [-0.2, 0) is 6.42 Å². The zero-order valence-corrected chi connectivity index (χ0v) is 16.4. The fourth-order valence-corrected chi connectivity index (χ4v) is 3.02. The molecule has 2 rings (SSSR count). The van der Waals surface area contributed by atoms with E-state index in [0.29, 0.717) is 22.2 Å². The first-order valence-electron chi connectivity index (χ1n) is 8.07. The number of nitrogens with one attached hydrogen (secondary N) is 1. The fraction of sp³-hybridized carbons (Fsp3) is 0.368. The van der Waals surface area contributed by atoms with Crippen LogP contribution in [0.15, 0.2) is 42.6 Å². The lowest BCUT2D eigenvalue weighted by molar-refractivity contribution is 0.143. The van der Waals surface area contributed by atoms with E-state index in [9.17, 15) is 4.79 Å². The van der Waals surface area contributed by atoms with Crippen LogP contribution in [0.1, 0.15) is 26.5 Å². The molecule has 1 atom stereocenters. The number of likely N-dealkylation sites (N-methyl/N-ethyl adjacent to an activating group) is 1. The van der Waals surface area contributed by atoms with E-state index in [2.05, 4.69) is 31.1 Å². The van der Waals surface area contributed by atoms with Crippen LogP contribution in [-0.4, -0.2) is 29.0 Å². The Balaban J connectivity index is 2.19. The predicted octanol–water partition coefficient (Wildman–Crippen LogP) is 5.51. The fourth-order valence-electron chi connectivity index (χ4n) is 2.68. The summed E-state index contributed by atoms with van der Waals surface area (Å²) in [6, 6.07) is 10.5. The monoisotopic (exact) mass is 379 g/mol. The van der Waals surface area contributed by atoms with E-state index in [-0.39, 0.29) is 17.5 Å². The van der Waals surface area contributed by atoms with Crippen molar-refractivity contribution in [2.24, 2.45) is 5.41 Å². The molecular weight excluding hydrogens is 357 g/mol. The number of halogens is 2. The van der Waals surface area contributed by atoms with Gasteiger partial charge in [-0.1, -0.05) is 50.0 Å². The van der Waals surface area contributed by atoms with Crippen LogP contribution >= 0.6 is 23.2 Å². The number of carbonyl (C=O) groups is 1. The number of rotatable bonds is 4. The highest BCUT2D eigenvalue weighted by molar-refractivity contribution is 6.35. The second-order valence-corrected chi connectivity index (χ2v) is 7.92. The van der Waals surface area contributed by atoms with Crippen molar-refractivity contribution in [2.45, 2.75) is 33.2 Å². The molecule has 4 nitrogen and oxygen atoms in total. The third kappa shape index (κ3) is 5.35. The highest BCUT2D eigenvalue weighted by Crippen LogP contribution is 2.29. The van der Waals surface area contributed by atoms with E-state index in [0.717, 1.165) is 5.69 Å². The molecule has 0 aliphatic heterocycles. The van der Waals surface area contributed by atoms with E-state index in [1.165, 1.54) is 0 Å². The second kappa shape index (κ2) is 8.07. The van der Waals surface area contributed by atoms with Gasteiger partial charge in [-0.25, -0.2) is 4.79 Å². The molecule has 0 aliphatic rings. The smallest absolute Gasteiger partial charge is 0.321 e. The van der Waals surface area contributed by atoms with Gasteiger partial charge in [-0.2, -0.15) is 0 Å². The Morgan fingerprint density at radius 3 is 2.56 bits per heavy atom. The number of pyridine rings is 1. The predicted molar refractivity (Wildman–Crippen MR) is 104 cm³/mol. The largest absolute Gasteiger partial charge is 0.324 e. The molecule has 0 spiro atoms. The van der Waals surface area contributed by atoms with Crippen LogP contribution in [0.3, 0.4) is 0 Å². The number of benzene rings is 1. The molecule has 0 fully saturated rings. The lowest BCUT2D eigenvalue weighted by Gasteiger charge is -2.38. The Hall–Kier alpha value is -1.78. The first kappa shape index (κ1) is 19.5. The van der Waals surface area contributed by atoms with Gasteiger partial charge in [0.05, 0.1) is 10.7 Å². The van der Waals surface area contributed by atoms with Crippen LogP contribution in [0.5, 0.6) is 0 Å². The van der Waals surface area contributed by atoms with Crippen molar-refractivity contribution in [2.75, 3.05) is 12.4 Å². The Morgan fingerprint density at radius 2 is 1.96 bits per heavy atom. The maximum atomic E-state index is 12.7. The van der Waals surface area contributed by atoms with Gasteiger partial charge in [0.15, 0.2) is 0 Å². The molecule has 1 aromatic carbocycles. The molecule has 1 heterocycles. The first-order valence-corrected chi connectivity index (χ1v) is 8.83. The first-order chi connectivity index (χ1) is 11.7. The van der Waals surface area contributed by atoms with Crippen molar-refractivity contribution in [3.63, 3.8) is 0 Å². The summed E-state index contributed by atoms with van der Waals surface area (Å²) in [7, 11) is 1.78. The van der Waals surface area contributed by atoms with Crippen LogP contribution in [0.4, 0.5) is 10.5 Å². The summed E-state index contributed by atoms with van der Waals surface area (Å²) in [5.41, 5.74) is 1.32. The summed E-state index contributed by atoms with van der Waals surface area (Å²) < 4.78 is 0.